The average Bonchev–Trinajstić information content (AvgIpc) is 2.00. The number of benzene rings is 1. The van der Waals surface area contributed by atoms with Gasteiger partial charge in [0.2, 0.25) is 0 Å². The first-order valence-electron chi connectivity index (χ1n) is 3.84. The van der Waals surface area contributed by atoms with Gasteiger partial charge in [-0.2, -0.15) is 0 Å². The third-order valence-electron chi connectivity index (χ3n) is 2.29. The molecule has 0 atom stereocenters. The number of carboxylic acid groups (broad SMARTS) is 1. The van der Waals surface area contributed by atoms with Crippen molar-refractivity contribution in [2.24, 2.45) is 0 Å². The van der Waals surface area contributed by atoms with E-state index in [-0.39, 0.29) is 51.4 Å². The molecule has 0 aliphatic rings. The molecule has 0 spiro atoms. The van der Waals surface area contributed by atoms with Gasteiger partial charge in [-0.05, 0) is 43.5 Å². The summed E-state index contributed by atoms with van der Waals surface area (Å²) in [6.45, 7) is 5.76. The third kappa shape index (κ3) is 2.89. The maximum atomic E-state index is 10.7. The van der Waals surface area contributed by atoms with Crippen molar-refractivity contribution in [2.75, 3.05) is 0 Å². The normalized spacial score (nSPS) is 9.15. The summed E-state index contributed by atoms with van der Waals surface area (Å²) >= 11 is 0. The zero-order chi connectivity index (χ0) is 9.30. The summed E-state index contributed by atoms with van der Waals surface area (Å²) in [5.41, 5.74) is 3.47. The van der Waals surface area contributed by atoms with E-state index in [9.17, 15) is 4.79 Å². The van der Waals surface area contributed by atoms with Crippen LogP contribution in [0.1, 0.15) is 27.0 Å². The van der Waals surface area contributed by atoms with Crippen LogP contribution in [-0.2, 0) is 0 Å². The molecule has 0 fully saturated rings. The number of rotatable bonds is 1. The van der Waals surface area contributed by atoms with Gasteiger partial charge in [-0.15, -0.1) is 0 Å². The van der Waals surface area contributed by atoms with Crippen molar-refractivity contribution in [3.05, 3.63) is 34.4 Å². The minimum Gasteiger partial charge on any atom is -0.478 e. The van der Waals surface area contributed by atoms with Crippen LogP contribution in [0, 0.1) is 20.8 Å². The number of carbonyl (C=O) groups is 1. The van der Waals surface area contributed by atoms with Crippen LogP contribution in [0.25, 0.3) is 0 Å². The fourth-order valence-electron chi connectivity index (χ4n) is 1.19. The fraction of sp³-hybridized carbons (Fsp3) is 0.300. The Labute approximate surface area is 121 Å². The van der Waals surface area contributed by atoms with Gasteiger partial charge in [0.25, 0.3) is 0 Å². The van der Waals surface area contributed by atoms with Crippen LogP contribution in [0.3, 0.4) is 0 Å². The molecule has 0 amide bonds. The molecule has 0 heterocycles. The largest absolute Gasteiger partial charge is 0.478 e. The Morgan fingerprint density at radius 2 is 1.69 bits per heavy atom. The number of hydrogen-bond donors (Lipinski definition) is 1. The smallest absolute Gasteiger partial charge is 0.335 e. The first-order chi connectivity index (χ1) is 5.54. The van der Waals surface area contributed by atoms with Crippen molar-refractivity contribution >= 4 is 57.4 Å². The van der Waals surface area contributed by atoms with Gasteiger partial charge in [-0.25, -0.2) is 4.79 Å². The number of aryl methyl sites for hydroxylation is 1. The molecule has 1 rings (SSSR count). The van der Waals surface area contributed by atoms with Gasteiger partial charge in [0, 0.05) is 51.4 Å². The van der Waals surface area contributed by atoms with Crippen molar-refractivity contribution in [3.63, 3.8) is 0 Å². The zero-order valence-electron chi connectivity index (χ0n) is 8.51. The molecule has 1 aromatic rings. The maximum Gasteiger partial charge on any atom is 0.335 e. The minimum atomic E-state index is -0.851. The predicted octanol–water partition coefficient (Wildman–Crippen LogP) is 1.93. The van der Waals surface area contributed by atoms with Crippen LogP contribution in [0.4, 0.5) is 0 Å². The molecule has 0 unspecified atom stereocenters. The Balaban J connectivity index is 0.00000144. The quantitative estimate of drug-likeness (QED) is 0.708. The molecule has 1 radical (unpaired) electrons. The van der Waals surface area contributed by atoms with E-state index in [2.05, 4.69) is 0 Å². The molecular weight excluding hydrogens is 191 g/mol. The molecule has 0 saturated carbocycles. The molecular formula is C10H12KO2. The molecule has 65 valence electrons. The van der Waals surface area contributed by atoms with E-state index in [4.69, 9.17) is 5.11 Å². The van der Waals surface area contributed by atoms with Crippen molar-refractivity contribution in [1.29, 1.82) is 0 Å². The van der Waals surface area contributed by atoms with Crippen molar-refractivity contribution in [2.45, 2.75) is 20.8 Å². The SMILES string of the molecule is Cc1ccc(C(=O)O)c(C)c1C.[K]. The molecule has 0 aliphatic heterocycles. The molecule has 0 aliphatic carbocycles. The van der Waals surface area contributed by atoms with Crippen LogP contribution in [0.5, 0.6) is 0 Å². The Morgan fingerprint density at radius 1 is 1.15 bits per heavy atom. The van der Waals surface area contributed by atoms with Crippen molar-refractivity contribution in [3.8, 4) is 0 Å². The van der Waals surface area contributed by atoms with E-state index in [1.807, 2.05) is 26.8 Å². The number of carboxylic acids is 1. The molecule has 1 N–H and O–H groups in total. The summed E-state index contributed by atoms with van der Waals surface area (Å²) in [6.07, 6.45) is 0. The Hall–Kier alpha value is 0.326. The van der Waals surface area contributed by atoms with Gasteiger partial charge in [0.15, 0.2) is 0 Å². The summed E-state index contributed by atoms with van der Waals surface area (Å²) in [5.74, 6) is -0.851. The van der Waals surface area contributed by atoms with Gasteiger partial charge in [0.1, 0.15) is 0 Å². The Kier molecular flexibility index (Phi) is 5.40. The van der Waals surface area contributed by atoms with E-state index < -0.39 is 5.97 Å². The zero-order valence-corrected chi connectivity index (χ0v) is 11.6. The van der Waals surface area contributed by atoms with Crippen LogP contribution in [0.15, 0.2) is 12.1 Å². The van der Waals surface area contributed by atoms with Gasteiger partial charge in [0.05, 0.1) is 5.56 Å². The molecule has 3 heteroatoms. The Bertz CT molecular complexity index is 332. The third-order valence-corrected chi connectivity index (χ3v) is 2.29. The fourth-order valence-corrected chi connectivity index (χ4v) is 1.19. The van der Waals surface area contributed by atoms with Crippen LogP contribution in [0.2, 0.25) is 0 Å². The Morgan fingerprint density at radius 3 is 2.15 bits per heavy atom. The second-order valence-corrected chi connectivity index (χ2v) is 2.99. The summed E-state index contributed by atoms with van der Waals surface area (Å²) in [6, 6.07) is 3.49. The second kappa shape index (κ2) is 5.27. The van der Waals surface area contributed by atoms with Gasteiger partial charge in [-0.1, -0.05) is 6.07 Å². The van der Waals surface area contributed by atoms with E-state index in [1.54, 1.807) is 6.07 Å². The molecule has 1 aromatic carbocycles. The topological polar surface area (TPSA) is 37.3 Å². The molecule has 0 bridgehead atoms. The van der Waals surface area contributed by atoms with E-state index in [0.29, 0.717) is 5.56 Å². The molecule has 2 nitrogen and oxygen atoms in total. The second-order valence-electron chi connectivity index (χ2n) is 2.99. The summed E-state index contributed by atoms with van der Waals surface area (Å²) < 4.78 is 0. The standard InChI is InChI=1S/C10H12O2.K/c1-6-4-5-9(10(11)12)8(3)7(6)2;/h4-5H,1-3H3,(H,11,12);. The van der Waals surface area contributed by atoms with Gasteiger partial charge < -0.3 is 5.11 Å². The summed E-state index contributed by atoms with van der Waals surface area (Å²) in [5, 5.41) is 8.78. The van der Waals surface area contributed by atoms with Crippen LogP contribution >= 0.6 is 0 Å². The van der Waals surface area contributed by atoms with Gasteiger partial charge in [-0.3, -0.25) is 0 Å². The van der Waals surface area contributed by atoms with Crippen LogP contribution in [-0.4, -0.2) is 62.5 Å². The minimum absolute atomic E-state index is 0. The molecule has 0 aromatic heterocycles. The van der Waals surface area contributed by atoms with E-state index in [0.717, 1.165) is 16.7 Å². The average molecular weight is 203 g/mol. The van der Waals surface area contributed by atoms with E-state index >= 15 is 0 Å². The predicted molar refractivity (Wildman–Crippen MR) is 53.4 cm³/mol. The number of aromatic carboxylic acids is 1. The molecule has 13 heavy (non-hydrogen) atoms. The first kappa shape index (κ1) is 13.3. The summed E-state index contributed by atoms with van der Waals surface area (Å²) in [7, 11) is 0. The van der Waals surface area contributed by atoms with Crippen molar-refractivity contribution in [1.82, 2.24) is 0 Å². The van der Waals surface area contributed by atoms with Crippen LogP contribution < -0.4 is 0 Å². The first-order valence-corrected chi connectivity index (χ1v) is 3.84. The summed E-state index contributed by atoms with van der Waals surface area (Å²) in [4.78, 5) is 10.7. The van der Waals surface area contributed by atoms with E-state index in [1.165, 1.54) is 0 Å². The van der Waals surface area contributed by atoms with Crippen molar-refractivity contribution < 1.29 is 9.90 Å². The molecule has 0 saturated heterocycles. The number of hydrogen-bond acceptors (Lipinski definition) is 1. The maximum absolute atomic E-state index is 10.7. The van der Waals surface area contributed by atoms with Gasteiger partial charge >= 0.3 is 5.97 Å². The monoisotopic (exact) mass is 203 g/mol.